The van der Waals surface area contributed by atoms with Gasteiger partial charge < -0.3 is 26.0 Å². The standard InChI is InChI=1S/C32H43N7O3/c1-8-12-39(20-21(3)16-34-22(4)9-2)30(40)25-13-24-11-10-23(14-27(24)38-28(33)15-25)26-17-35-29(36-18-26)19-37-31(41)42-32(5,6)7/h10-11,13-14,16-18,34H,4,8-9,12,15,19-20H2,1-3,5-7H3,(H2,33,38)(H,37,41)/b21-16+. The molecular weight excluding hydrogens is 530 g/mol. The molecule has 4 N–H and O–H groups in total. The lowest BCUT2D eigenvalue weighted by atomic mass is 10.0. The molecule has 0 saturated heterocycles. The van der Waals surface area contributed by atoms with E-state index in [0.29, 0.717) is 36.0 Å². The molecule has 1 aromatic heterocycles. The Kier molecular flexibility index (Phi) is 11.0. The van der Waals surface area contributed by atoms with Crippen molar-refractivity contribution in [3.05, 3.63) is 71.6 Å². The number of benzene rings is 1. The smallest absolute Gasteiger partial charge is 0.408 e. The number of aliphatic imine (C=N–C) groups is 1. The first kappa shape index (κ1) is 32.0. The molecule has 1 aromatic carbocycles. The SMILES string of the molecule is C=C(CC)N/C=C(\C)CN(CCC)C(=O)C1=Cc2ccc(-c3cnc(CNC(=O)OC(C)(C)C)nc3)cc2N=C(N)C1. The number of amides is 2. The summed E-state index contributed by atoms with van der Waals surface area (Å²) in [6, 6.07) is 5.77. The van der Waals surface area contributed by atoms with Crippen LogP contribution in [0.1, 0.15) is 72.2 Å². The summed E-state index contributed by atoms with van der Waals surface area (Å²) in [7, 11) is 0. The van der Waals surface area contributed by atoms with Crippen molar-refractivity contribution in [1.82, 2.24) is 25.5 Å². The summed E-state index contributed by atoms with van der Waals surface area (Å²) in [4.78, 5) is 40.8. The van der Waals surface area contributed by atoms with Crippen molar-refractivity contribution < 1.29 is 14.3 Å². The van der Waals surface area contributed by atoms with Crippen molar-refractivity contribution in [3.8, 4) is 11.1 Å². The van der Waals surface area contributed by atoms with Gasteiger partial charge >= 0.3 is 6.09 Å². The average Bonchev–Trinajstić information content (AvgIpc) is 3.11. The van der Waals surface area contributed by atoms with E-state index in [-0.39, 0.29) is 18.9 Å². The van der Waals surface area contributed by atoms with Crippen LogP contribution in [0.25, 0.3) is 17.2 Å². The Morgan fingerprint density at radius 1 is 1.17 bits per heavy atom. The third-order valence-electron chi connectivity index (χ3n) is 6.27. The molecule has 1 aliphatic heterocycles. The Hall–Kier alpha value is -4.47. The third-order valence-corrected chi connectivity index (χ3v) is 6.27. The average molecular weight is 574 g/mol. The third kappa shape index (κ3) is 9.57. The van der Waals surface area contributed by atoms with E-state index < -0.39 is 11.7 Å². The van der Waals surface area contributed by atoms with E-state index in [2.05, 4.69) is 39.1 Å². The topological polar surface area (TPSA) is 135 Å². The van der Waals surface area contributed by atoms with Crippen LogP contribution >= 0.6 is 0 Å². The number of ether oxygens (including phenoxy) is 1. The molecule has 1 aliphatic rings. The highest BCUT2D eigenvalue weighted by atomic mass is 16.6. The lowest BCUT2D eigenvalue weighted by Crippen LogP contribution is -2.35. The Balaban J connectivity index is 1.77. The monoisotopic (exact) mass is 573 g/mol. The fourth-order valence-corrected chi connectivity index (χ4v) is 4.17. The minimum Gasteiger partial charge on any atom is -0.444 e. The van der Waals surface area contributed by atoms with Crippen molar-refractivity contribution in [2.75, 3.05) is 13.1 Å². The van der Waals surface area contributed by atoms with Crippen LogP contribution in [0, 0.1) is 0 Å². The predicted molar refractivity (Wildman–Crippen MR) is 168 cm³/mol. The van der Waals surface area contributed by atoms with Crippen LogP contribution in [0.2, 0.25) is 0 Å². The lowest BCUT2D eigenvalue weighted by molar-refractivity contribution is -0.126. The molecule has 42 heavy (non-hydrogen) atoms. The molecule has 2 aromatic rings. The van der Waals surface area contributed by atoms with Gasteiger partial charge in [-0.1, -0.05) is 32.6 Å². The molecule has 2 amide bonds. The van der Waals surface area contributed by atoms with Crippen LogP contribution in [0.15, 0.2) is 65.2 Å². The largest absolute Gasteiger partial charge is 0.444 e. The zero-order chi connectivity index (χ0) is 30.9. The zero-order valence-electron chi connectivity index (χ0n) is 25.6. The Morgan fingerprint density at radius 2 is 1.88 bits per heavy atom. The number of rotatable bonds is 11. The summed E-state index contributed by atoms with van der Waals surface area (Å²) < 4.78 is 5.25. The van der Waals surface area contributed by atoms with Gasteiger partial charge in [-0.05, 0) is 63.8 Å². The summed E-state index contributed by atoms with van der Waals surface area (Å²) in [6.07, 6.45) is 8.58. The Labute approximate surface area is 248 Å². The van der Waals surface area contributed by atoms with Crippen LogP contribution in [0.4, 0.5) is 10.5 Å². The maximum atomic E-state index is 13.6. The molecule has 10 heteroatoms. The van der Waals surface area contributed by atoms with Crippen LogP contribution in [-0.4, -0.2) is 51.4 Å². The van der Waals surface area contributed by atoms with E-state index in [1.165, 1.54) is 0 Å². The molecule has 0 bridgehead atoms. The molecule has 0 aliphatic carbocycles. The molecule has 0 unspecified atom stereocenters. The van der Waals surface area contributed by atoms with Gasteiger partial charge in [0.15, 0.2) is 0 Å². The van der Waals surface area contributed by atoms with Crippen LogP contribution in [0.3, 0.4) is 0 Å². The summed E-state index contributed by atoms with van der Waals surface area (Å²) in [5.74, 6) is 0.772. The number of carbonyl (C=O) groups excluding carboxylic acids is 2. The van der Waals surface area contributed by atoms with E-state index in [9.17, 15) is 9.59 Å². The van der Waals surface area contributed by atoms with Crippen molar-refractivity contribution in [3.63, 3.8) is 0 Å². The molecule has 0 saturated carbocycles. The fourth-order valence-electron chi connectivity index (χ4n) is 4.17. The number of fused-ring (bicyclic) bond motifs is 1. The van der Waals surface area contributed by atoms with E-state index in [0.717, 1.165) is 40.8 Å². The number of hydrogen-bond donors (Lipinski definition) is 3. The first-order chi connectivity index (χ1) is 19.9. The maximum absolute atomic E-state index is 13.6. The molecule has 0 spiro atoms. The van der Waals surface area contributed by atoms with Gasteiger partial charge in [-0.25, -0.2) is 19.8 Å². The molecule has 224 valence electrons. The Bertz CT molecular complexity index is 1390. The van der Waals surface area contributed by atoms with Gasteiger partial charge in [-0.2, -0.15) is 0 Å². The van der Waals surface area contributed by atoms with Gasteiger partial charge in [0, 0.05) is 60.5 Å². The molecule has 0 radical (unpaired) electrons. The minimum atomic E-state index is -0.581. The first-order valence-corrected chi connectivity index (χ1v) is 14.2. The van der Waals surface area contributed by atoms with Crippen LogP contribution in [-0.2, 0) is 16.1 Å². The van der Waals surface area contributed by atoms with E-state index in [4.69, 9.17) is 10.5 Å². The minimum absolute atomic E-state index is 0.0574. The number of nitrogens with one attached hydrogen (secondary N) is 2. The Morgan fingerprint density at radius 3 is 2.52 bits per heavy atom. The highest BCUT2D eigenvalue weighted by molar-refractivity contribution is 6.05. The second kappa shape index (κ2) is 14.4. The second-order valence-corrected chi connectivity index (χ2v) is 11.3. The van der Waals surface area contributed by atoms with Crippen molar-refractivity contribution in [2.45, 2.75) is 73.0 Å². The van der Waals surface area contributed by atoms with E-state index in [1.807, 2.05) is 49.2 Å². The number of carbonyl (C=O) groups is 2. The molecule has 10 nitrogen and oxygen atoms in total. The molecule has 2 heterocycles. The molecular formula is C32H43N7O3. The van der Waals surface area contributed by atoms with Crippen molar-refractivity contribution in [2.24, 2.45) is 10.7 Å². The van der Waals surface area contributed by atoms with Gasteiger partial charge in [0.2, 0.25) is 0 Å². The number of alkyl carbamates (subject to hydrolysis) is 1. The quantitative estimate of drug-likeness (QED) is 0.318. The van der Waals surface area contributed by atoms with Crippen molar-refractivity contribution in [1.29, 1.82) is 0 Å². The number of hydrogen-bond acceptors (Lipinski definition) is 8. The first-order valence-electron chi connectivity index (χ1n) is 14.2. The normalized spacial score (nSPS) is 13.2. The van der Waals surface area contributed by atoms with Gasteiger partial charge in [0.05, 0.1) is 12.2 Å². The summed E-state index contributed by atoms with van der Waals surface area (Å²) in [5.41, 5.74) is 11.4. The molecule has 3 rings (SSSR count). The predicted octanol–water partition coefficient (Wildman–Crippen LogP) is 5.60. The van der Waals surface area contributed by atoms with Crippen molar-refractivity contribution >= 4 is 29.6 Å². The summed E-state index contributed by atoms with van der Waals surface area (Å²) >= 11 is 0. The summed E-state index contributed by atoms with van der Waals surface area (Å²) in [5, 5.41) is 5.84. The number of amidine groups is 1. The highest BCUT2D eigenvalue weighted by Gasteiger charge is 2.22. The van der Waals surface area contributed by atoms with Gasteiger partial charge in [0.1, 0.15) is 17.3 Å². The number of aromatic nitrogens is 2. The number of nitrogens with two attached hydrogens (primary N) is 1. The molecule has 0 fully saturated rings. The van der Waals surface area contributed by atoms with Gasteiger partial charge in [-0.15, -0.1) is 0 Å². The summed E-state index contributed by atoms with van der Waals surface area (Å²) in [6.45, 7) is 16.7. The fraction of sp³-hybridized carbons (Fsp3) is 0.406. The second-order valence-electron chi connectivity index (χ2n) is 11.3. The highest BCUT2D eigenvalue weighted by Crippen LogP contribution is 2.32. The number of nitrogens with zero attached hydrogens (tertiary/aromatic N) is 4. The zero-order valence-corrected chi connectivity index (χ0v) is 25.6. The van der Waals surface area contributed by atoms with Crippen LogP contribution in [0.5, 0.6) is 0 Å². The lowest BCUT2D eigenvalue weighted by Gasteiger charge is -2.24. The number of allylic oxidation sites excluding steroid dienone is 1. The molecule has 0 atom stereocenters. The van der Waals surface area contributed by atoms with E-state index >= 15 is 0 Å². The van der Waals surface area contributed by atoms with E-state index in [1.54, 1.807) is 33.2 Å². The maximum Gasteiger partial charge on any atom is 0.408 e. The van der Waals surface area contributed by atoms with Gasteiger partial charge in [-0.3, -0.25) is 4.79 Å². The van der Waals surface area contributed by atoms with Gasteiger partial charge in [0.25, 0.3) is 5.91 Å². The van der Waals surface area contributed by atoms with Crippen LogP contribution < -0.4 is 16.4 Å².